The van der Waals surface area contributed by atoms with Gasteiger partial charge in [-0.05, 0) is 43.5 Å². The standard InChI is InChI=1S/C22H23N5O5S/c1-14-9-10-15(33(31,32)27-11-5-2-6-12-27)13-18(14)21(29)25-26-22(30)19-16-7-3-4-8-17(16)20(28)24-23-19/h3-4,7-10,13H,2,5-6,11-12H2,1H3,(H,24,28)(H,25,29)(H,26,30). The van der Waals surface area contributed by atoms with Crippen molar-refractivity contribution in [3.63, 3.8) is 0 Å². The molecule has 10 nitrogen and oxygen atoms in total. The fourth-order valence-corrected chi connectivity index (χ4v) is 5.33. The van der Waals surface area contributed by atoms with Crippen LogP contribution in [-0.4, -0.2) is 47.8 Å². The second-order valence-corrected chi connectivity index (χ2v) is 9.73. The summed E-state index contributed by atoms with van der Waals surface area (Å²) in [7, 11) is -3.72. The van der Waals surface area contributed by atoms with E-state index in [4.69, 9.17) is 0 Å². The first-order valence-electron chi connectivity index (χ1n) is 10.5. The predicted molar refractivity (Wildman–Crippen MR) is 121 cm³/mol. The molecule has 1 aliphatic heterocycles. The first kappa shape index (κ1) is 22.6. The third-order valence-corrected chi connectivity index (χ3v) is 7.50. The number of amides is 2. The summed E-state index contributed by atoms with van der Waals surface area (Å²) in [6, 6.07) is 10.8. The number of hydrogen-bond acceptors (Lipinski definition) is 6. The lowest BCUT2D eigenvalue weighted by molar-refractivity contribution is 0.0844. The lowest BCUT2D eigenvalue weighted by Gasteiger charge is -2.26. The van der Waals surface area contributed by atoms with Gasteiger partial charge in [0.15, 0.2) is 5.69 Å². The monoisotopic (exact) mass is 469 g/mol. The van der Waals surface area contributed by atoms with Gasteiger partial charge in [-0.2, -0.15) is 9.40 Å². The van der Waals surface area contributed by atoms with Gasteiger partial charge in [-0.25, -0.2) is 13.5 Å². The van der Waals surface area contributed by atoms with Crippen molar-refractivity contribution in [2.24, 2.45) is 0 Å². The Hall–Kier alpha value is -3.57. The molecule has 11 heteroatoms. The summed E-state index contributed by atoms with van der Waals surface area (Å²) in [5.41, 5.74) is 4.74. The molecule has 0 bridgehead atoms. The van der Waals surface area contributed by atoms with Gasteiger partial charge in [0, 0.05) is 24.0 Å². The fraction of sp³-hybridized carbons (Fsp3) is 0.273. The number of piperidine rings is 1. The summed E-state index contributed by atoms with van der Waals surface area (Å²) in [6.07, 6.45) is 2.60. The zero-order valence-electron chi connectivity index (χ0n) is 17.9. The predicted octanol–water partition coefficient (Wildman–Crippen LogP) is 1.48. The zero-order valence-corrected chi connectivity index (χ0v) is 18.7. The smallest absolute Gasteiger partial charge is 0.267 e. The van der Waals surface area contributed by atoms with Crippen LogP contribution in [0.25, 0.3) is 10.8 Å². The number of fused-ring (bicyclic) bond motifs is 1. The molecule has 172 valence electrons. The molecule has 1 aliphatic rings. The number of carbonyl (C=O) groups is 2. The molecule has 0 saturated carbocycles. The van der Waals surface area contributed by atoms with Crippen LogP contribution in [0.5, 0.6) is 0 Å². The second-order valence-electron chi connectivity index (χ2n) is 7.80. The number of benzene rings is 2. The van der Waals surface area contributed by atoms with E-state index in [1.807, 2.05) is 0 Å². The lowest BCUT2D eigenvalue weighted by atomic mass is 10.1. The first-order valence-corrected chi connectivity index (χ1v) is 11.9. The Bertz CT molecular complexity index is 1390. The summed E-state index contributed by atoms with van der Waals surface area (Å²) < 4.78 is 27.4. The van der Waals surface area contributed by atoms with Crippen molar-refractivity contribution >= 4 is 32.6 Å². The molecule has 2 amide bonds. The van der Waals surface area contributed by atoms with Crippen LogP contribution >= 0.6 is 0 Å². The number of sulfonamides is 1. The molecular weight excluding hydrogens is 446 g/mol. The summed E-state index contributed by atoms with van der Waals surface area (Å²) >= 11 is 0. The molecule has 33 heavy (non-hydrogen) atoms. The van der Waals surface area contributed by atoms with Crippen LogP contribution in [0.15, 0.2) is 52.2 Å². The Labute approximate surface area is 190 Å². The maximum atomic E-state index is 13.0. The van der Waals surface area contributed by atoms with Crippen molar-refractivity contribution in [1.82, 2.24) is 25.4 Å². The number of hydrazine groups is 1. The van der Waals surface area contributed by atoms with Crippen LogP contribution in [0.3, 0.4) is 0 Å². The highest BCUT2D eigenvalue weighted by Crippen LogP contribution is 2.23. The molecule has 3 N–H and O–H groups in total. The lowest BCUT2D eigenvalue weighted by Crippen LogP contribution is -2.42. The maximum absolute atomic E-state index is 13.0. The average Bonchev–Trinajstić information content (AvgIpc) is 2.83. The Balaban J connectivity index is 1.54. The summed E-state index contributed by atoms with van der Waals surface area (Å²) in [6.45, 7) is 2.58. The SMILES string of the molecule is Cc1ccc(S(=O)(=O)N2CCCCC2)cc1C(=O)NNC(=O)c1n[nH]c(=O)c2ccccc12. The van der Waals surface area contributed by atoms with Crippen molar-refractivity contribution in [1.29, 1.82) is 0 Å². The van der Waals surface area contributed by atoms with Gasteiger partial charge in [-0.1, -0.05) is 30.7 Å². The number of nitrogens with one attached hydrogen (secondary N) is 3. The fourth-order valence-electron chi connectivity index (χ4n) is 3.79. The van der Waals surface area contributed by atoms with Crippen LogP contribution in [0, 0.1) is 6.92 Å². The number of aromatic nitrogens is 2. The van der Waals surface area contributed by atoms with Crippen molar-refractivity contribution < 1.29 is 18.0 Å². The third kappa shape index (κ3) is 4.50. The van der Waals surface area contributed by atoms with Gasteiger partial charge >= 0.3 is 0 Å². The average molecular weight is 470 g/mol. The molecule has 1 fully saturated rings. The highest BCUT2D eigenvalue weighted by molar-refractivity contribution is 7.89. The van der Waals surface area contributed by atoms with E-state index in [2.05, 4.69) is 21.0 Å². The molecule has 1 saturated heterocycles. The number of H-pyrrole nitrogens is 1. The van der Waals surface area contributed by atoms with Crippen LogP contribution < -0.4 is 16.4 Å². The third-order valence-electron chi connectivity index (χ3n) is 5.61. The van der Waals surface area contributed by atoms with E-state index in [1.165, 1.54) is 16.4 Å². The van der Waals surface area contributed by atoms with Gasteiger partial charge in [0.25, 0.3) is 17.4 Å². The molecule has 2 heterocycles. The minimum atomic E-state index is -3.72. The Kier molecular flexibility index (Phi) is 6.25. The first-order chi connectivity index (χ1) is 15.8. The van der Waals surface area contributed by atoms with E-state index in [0.29, 0.717) is 24.0 Å². The Morgan fingerprint density at radius 2 is 1.64 bits per heavy atom. The zero-order chi connectivity index (χ0) is 23.6. The minimum absolute atomic E-state index is 0.0276. The van der Waals surface area contributed by atoms with Gasteiger partial charge in [0.05, 0.1) is 10.3 Å². The van der Waals surface area contributed by atoms with Crippen molar-refractivity contribution in [3.05, 3.63) is 69.6 Å². The Morgan fingerprint density at radius 3 is 2.36 bits per heavy atom. The molecule has 3 aromatic rings. The minimum Gasteiger partial charge on any atom is -0.267 e. The van der Waals surface area contributed by atoms with Crippen molar-refractivity contribution in [2.75, 3.05) is 13.1 Å². The van der Waals surface area contributed by atoms with Crippen LogP contribution in [-0.2, 0) is 10.0 Å². The van der Waals surface area contributed by atoms with E-state index in [-0.39, 0.29) is 21.5 Å². The molecule has 0 spiro atoms. The molecule has 4 rings (SSSR count). The van der Waals surface area contributed by atoms with E-state index in [0.717, 1.165) is 19.3 Å². The number of rotatable bonds is 4. The van der Waals surface area contributed by atoms with Crippen LogP contribution in [0.1, 0.15) is 45.7 Å². The highest BCUT2D eigenvalue weighted by atomic mass is 32.2. The number of nitrogens with zero attached hydrogens (tertiary/aromatic N) is 2. The topological polar surface area (TPSA) is 141 Å². The second kappa shape index (κ2) is 9.12. The molecular formula is C22H23N5O5S. The molecule has 2 aromatic carbocycles. The maximum Gasteiger partial charge on any atom is 0.290 e. The molecule has 0 aliphatic carbocycles. The van der Waals surface area contributed by atoms with E-state index in [9.17, 15) is 22.8 Å². The van der Waals surface area contributed by atoms with Crippen molar-refractivity contribution in [3.8, 4) is 0 Å². The van der Waals surface area contributed by atoms with Gasteiger partial charge in [-0.15, -0.1) is 0 Å². The van der Waals surface area contributed by atoms with Gasteiger partial charge in [0.2, 0.25) is 10.0 Å². The number of aromatic amines is 1. The van der Waals surface area contributed by atoms with Crippen molar-refractivity contribution in [2.45, 2.75) is 31.1 Å². The van der Waals surface area contributed by atoms with Crippen LogP contribution in [0.4, 0.5) is 0 Å². The summed E-state index contributed by atoms with van der Waals surface area (Å²) in [4.78, 5) is 37.3. The van der Waals surface area contributed by atoms with Crippen LogP contribution in [0.2, 0.25) is 0 Å². The summed E-state index contributed by atoms with van der Waals surface area (Å²) in [5, 5.41) is 6.66. The highest BCUT2D eigenvalue weighted by Gasteiger charge is 2.27. The quantitative estimate of drug-likeness (QED) is 0.494. The van der Waals surface area contributed by atoms with E-state index < -0.39 is 27.4 Å². The van der Waals surface area contributed by atoms with Gasteiger partial charge in [0.1, 0.15) is 0 Å². The van der Waals surface area contributed by atoms with Gasteiger partial charge < -0.3 is 0 Å². The number of aryl methyl sites for hydroxylation is 1. The van der Waals surface area contributed by atoms with Gasteiger partial charge in [-0.3, -0.25) is 25.2 Å². The normalized spacial score (nSPS) is 14.7. The molecule has 1 aromatic heterocycles. The van der Waals surface area contributed by atoms with E-state index in [1.54, 1.807) is 37.3 Å². The molecule has 0 atom stereocenters. The summed E-state index contributed by atoms with van der Waals surface area (Å²) in [5.74, 6) is -1.41. The molecule has 0 unspecified atom stereocenters. The number of carbonyl (C=O) groups excluding carboxylic acids is 2. The van der Waals surface area contributed by atoms with E-state index >= 15 is 0 Å². The Morgan fingerprint density at radius 1 is 0.970 bits per heavy atom. The largest absolute Gasteiger partial charge is 0.290 e. The molecule has 0 radical (unpaired) electrons. The number of hydrogen-bond donors (Lipinski definition) is 3.